The molecule has 0 aromatic carbocycles. The molecular formula is H3BF4LiO4P. The van der Waals surface area contributed by atoms with E-state index in [-0.39, 0.29) is 18.9 Å². The second kappa shape index (κ2) is 6.06. The summed E-state index contributed by atoms with van der Waals surface area (Å²) in [5, 5.41) is 0. The van der Waals surface area contributed by atoms with Gasteiger partial charge in [-0.25, -0.2) is 4.57 Å². The van der Waals surface area contributed by atoms with E-state index in [1.165, 1.54) is 0 Å². The molecule has 11 heavy (non-hydrogen) atoms. The molecule has 0 heterocycles. The number of halogens is 4. The molecule has 64 valence electrons. The standard InChI is InChI=1S/BF4.Li.H3O4P/c2-1(3,4)5;;1-5(2,3)4/h;;(H3,1,2,3,4)/q-1;+1;. The van der Waals surface area contributed by atoms with Gasteiger partial charge < -0.3 is 31.9 Å². The summed E-state index contributed by atoms with van der Waals surface area (Å²) in [5.41, 5.74) is 0. The number of phosphoric acid groups is 1. The van der Waals surface area contributed by atoms with Crippen LogP contribution in [0.15, 0.2) is 0 Å². The Morgan fingerprint density at radius 2 is 1.00 bits per heavy atom. The largest absolute Gasteiger partial charge is 1.00 e. The molecule has 0 radical (unpaired) electrons. The number of hydrogen-bond acceptors (Lipinski definition) is 1. The first kappa shape index (κ1) is 17.5. The Labute approximate surface area is 71.1 Å². The van der Waals surface area contributed by atoms with E-state index in [4.69, 9.17) is 19.2 Å². The van der Waals surface area contributed by atoms with Gasteiger partial charge in [0.25, 0.3) is 0 Å². The Bertz CT molecular complexity index is 114. The van der Waals surface area contributed by atoms with E-state index < -0.39 is 15.1 Å². The van der Waals surface area contributed by atoms with Crippen LogP contribution in [0.25, 0.3) is 0 Å². The summed E-state index contributed by atoms with van der Waals surface area (Å²) >= 11 is 0. The summed E-state index contributed by atoms with van der Waals surface area (Å²) in [6.45, 7) is 0. The molecule has 4 nitrogen and oxygen atoms in total. The first-order valence-corrected chi connectivity index (χ1v) is 3.22. The Morgan fingerprint density at radius 1 is 1.00 bits per heavy atom. The van der Waals surface area contributed by atoms with Crippen LogP contribution < -0.4 is 18.9 Å². The van der Waals surface area contributed by atoms with Crippen LogP contribution in [0, 0.1) is 0 Å². The molecule has 0 aromatic rings. The van der Waals surface area contributed by atoms with E-state index in [9.17, 15) is 17.3 Å². The third kappa shape index (κ3) is 3120. The Kier molecular flexibility index (Phi) is 9.66. The van der Waals surface area contributed by atoms with Gasteiger partial charge in [0.15, 0.2) is 0 Å². The summed E-state index contributed by atoms with van der Waals surface area (Å²) in [5.74, 6) is 0. The van der Waals surface area contributed by atoms with Crippen LogP contribution >= 0.6 is 7.82 Å². The zero-order chi connectivity index (χ0) is 9.00. The molecule has 0 spiro atoms. The van der Waals surface area contributed by atoms with Crippen LogP contribution in [0.4, 0.5) is 17.3 Å². The van der Waals surface area contributed by atoms with Crippen molar-refractivity contribution in [1.82, 2.24) is 0 Å². The van der Waals surface area contributed by atoms with Gasteiger partial charge in [0.2, 0.25) is 0 Å². The summed E-state index contributed by atoms with van der Waals surface area (Å²) in [4.78, 5) is 21.6. The van der Waals surface area contributed by atoms with Crippen molar-refractivity contribution < 1.29 is 55.4 Å². The van der Waals surface area contributed by atoms with Gasteiger partial charge in [-0.15, -0.1) is 0 Å². The van der Waals surface area contributed by atoms with Crippen LogP contribution in [0.3, 0.4) is 0 Å². The van der Waals surface area contributed by atoms with Crippen molar-refractivity contribution >= 4 is 15.1 Å². The molecule has 11 heteroatoms. The van der Waals surface area contributed by atoms with Gasteiger partial charge in [-0.2, -0.15) is 0 Å². The molecular weight excluding hydrogens is 189 g/mol. The smallest absolute Gasteiger partial charge is 0.418 e. The van der Waals surface area contributed by atoms with E-state index in [0.29, 0.717) is 0 Å². The fourth-order valence-electron chi connectivity index (χ4n) is 0. The van der Waals surface area contributed by atoms with Crippen molar-refractivity contribution in [3.8, 4) is 0 Å². The Morgan fingerprint density at radius 3 is 1.00 bits per heavy atom. The molecule has 3 N–H and O–H groups in total. The normalized spacial score (nSPS) is 10.8. The van der Waals surface area contributed by atoms with Gasteiger partial charge in [-0.3, -0.25) is 0 Å². The van der Waals surface area contributed by atoms with Crippen molar-refractivity contribution in [2.75, 3.05) is 0 Å². The van der Waals surface area contributed by atoms with Gasteiger partial charge in [0.1, 0.15) is 0 Å². The zero-order valence-corrected chi connectivity index (χ0v) is 6.18. The minimum atomic E-state index is -6.00. The molecule has 0 aliphatic carbocycles. The van der Waals surface area contributed by atoms with Crippen LogP contribution in [-0.4, -0.2) is 21.9 Å². The molecule has 0 aliphatic rings. The maximum atomic E-state index is 9.75. The van der Waals surface area contributed by atoms with Crippen molar-refractivity contribution in [1.29, 1.82) is 0 Å². The second-order valence-electron chi connectivity index (χ2n) is 1.01. The zero-order valence-electron chi connectivity index (χ0n) is 5.29. The molecule has 0 amide bonds. The fraction of sp³-hybridized carbons (Fsp3) is 0. The third-order valence-corrected chi connectivity index (χ3v) is 0. The van der Waals surface area contributed by atoms with Gasteiger partial charge >= 0.3 is 33.9 Å². The van der Waals surface area contributed by atoms with E-state index in [0.717, 1.165) is 0 Å². The van der Waals surface area contributed by atoms with Gasteiger partial charge in [-0.05, 0) is 0 Å². The summed E-state index contributed by atoms with van der Waals surface area (Å²) in [7, 11) is -10.6. The van der Waals surface area contributed by atoms with Crippen molar-refractivity contribution in [2.24, 2.45) is 0 Å². The van der Waals surface area contributed by atoms with E-state index in [1.807, 2.05) is 0 Å². The van der Waals surface area contributed by atoms with E-state index in [2.05, 4.69) is 0 Å². The molecule has 0 unspecified atom stereocenters. The van der Waals surface area contributed by atoms with E-state index >= 15 is 0 Å². The van der Waals surface area contributed by atoms with E-state index in [1.54, 1.807) is 0 Å². The SMILES string of the molecule is F[B-](F)(F)F.O=P(O)(O)O.[Li+]. The molecule has 0 aliphatic heterocycles. The second-order valence-corrected chi connectivity index (χ2v) is 2.03. The predicted octanol–water partition coefficient (Wildman–Crippen LogP) is -2.62. The van der Waals surface area contributed by atoms with Crippen molar-refractivity contribution in [3.05, 3.63) is 0 Å². The average molecular weight is 192 g/mol. The maximum Gasteiger partial charge on any atom is 1.00 e. The topological polar surface area (TPSA) is 77.8 Å². The molecule has 0 fully saturated rings. The summed E-state index contributed by atoms with van der Waals surface area (Å²) < 4.78 is 47.9. The summed E-state index contributed by atoms with van der Waals surface area (Å²) in [6, 6.07) is 0. The number of hydrogen-bond donors (Lipinski definition) is 3. The molecule has 0 aromatic heterocycles. The van der Waals surface area contributed by atoms with Crippen LogP contribution in [0.1, 0.15) is 0 Å². The molecule has 0 bridgehead atoms. The monoisotopic (exact) mass is 192 g/mol. The maximum absolute atomic E-state index is 9.75. The van der Waals surface area contributed by atoms with Gasteiger partial charge in [-0.1, -0.05) is 0 Å². The van der Waals surface area contributed by atoms with Crippen molar-refractivity contribution in [2.45, 2.75) is 0 Å². The number of rotatable bonds is 0. The minimum Gasteiger partial charge on any atom is -0.418 e. The quantitative estimate of drug-likeness (QED) is 0.223. The molecule has 0 saturated carbocycles. The van der Waals surface area contributed by atoms with Crippen molar-refractivity contribution in [3.63, 3.8) is 0 Å². The Balaban J connectivity index is -0.000000107. The first-order valence-electron chi connectivity index (χ1n) is 1.66. The van der Waals surface area contributed by atoms with Crippen LogP contribution in [0.2, 0.25) is 0 Å². The van der Waals surface area contributed by atoms with Crippen LogP contribution in [-0.2, 0) is 4.57 Å². The summed E-state index contributed by atoms with van der Waals surface area (Å²) in [6.07, 6.45) is 0. The Hall–Kier alpha value is 0.492. The fourth-order valence-corrected chi connectivity index (χ4v) is 0. The molecule has 0 saturated heterocycles. The van der Waals surface area contributed by atoms with Gasteiger partial charge in [0.05, 0.1) is 0 Å². The first-order chi connectivity index (χ1) is 4.00. The minimum absolute atomic E-state index is 0. The average Bonchev–Trinajstić information content (AvgIpc) is 1.12. The van der Waals surface area contributed by atoms with Crippen LogP contribution in [0.5, 0.6) is 0 Å². The molecule has 0 atom stereocenters. The predicted molar refractivity (Wildman–Crippen MR) is 24.4 cm³/mol. The third-order valence-electron chi connectivity index (χ3n) is 0. The molecule has 0 rings (SSSR count). The van der Waals surface area contributed by atoms with Gasteiger partial charge in [0, 0.05) is 0 Å².